The van der Waals surface area contributed by atoms with Crippen molar-refractivity contribution in [1.82, 2.24) is 0 Å². The van der Waals surface area contributed by atoms with Crippen LogP contribution >= 0.6 is 0 Å². The van der Waals surface area contributed by atoms with E-state index in [0.29, 0.717) is 6.61 Å². The van der Waals surface area contributed by atoms with Crippen molar-refractivity contribution in [2.45, 2.75) is 19.8 Å². The van der Waals surface area contributed by atoms with E-state index in [0.717, 1.165) is 18.6 Å². The monoisotopic (exact) mass is 306 g/mol. The zero-order valence-corrected chi connectivity index (χ0v) is 13.5. The standard InChI is InChI=1S/C21H22O2/c1-2-6-20-19-11-9-17(16-7-4-3-5-8-16)15-18(19)10-12-21(20)23-14-13-22/h3-5,7-12,15,22H,2,6,13-14H2,1H3. The van der Waals surface area contributed by atoms with E-state index in [1.165, 1.54) is 27.5 Å². The lowest BCUT2D eigenvalue weighted by molar-refractivity contribution is 0.200. The SMILES string of the molecule is CCCc1c(OCCO)ccc2cc(-c3ccccc3)ccc12. The Kier molecular flexibility index (Phi) is 4.94. The van der Waals surface area contributed by atoms with Gasteiger partial charge in [-0.3, -0.25) is 0 Å². The third-order valence-corrected chi connectivity index (χ3v) is 4.04. The number of ether oxygens (including phenoxy) is 1. The number of aliphatic hydroxyl groups is 1. The van der Waals surface area contributed by atoms with E-state index < -0.39 is 0 Å². The molecule has 0 bridgehead atoms. The fourth-order valence-electron chi connectivity index (χ4n) is 2.98. The van der Waals surface area contributed by atoms with Crippen molar-refractivity contribution >= 4 is 10.8 Å². The Balaban J connectivity index is 2.07. The number of benzene rings is 3. The van der Waals surface area contributed by atoms with E-state index in [4.69, 9.17) is 9.84 Å². The fraction of sp³-hybridized carbons (Fsp3) is 0.238. The van der Waals surface area contributed by atoms with E-state index >= 15 is 0 Å². The highest BCUT2D eigenvalue weighted by Gasteiger charge is 2.09. The summed E-state index contributed by atoms with van der Waals surface area (Å²) in [6.07, 6.45) is 2.04. The maximum Gasteiger partial charge on any atom is 0.123 e. The number of rotatable bonds is 6. The van der Waals surface area contributed by atoms with Gasteiger partial charge in [0, 0.05) is 5.56 Å². The molecule has 0 aromatic heterocycles. The van der Waals surface area contributed by atoms with Crippen LogP contribution in [0, 0.1) is 0 Å². The molecule has 0 atom stereocenters. The van der Waals surface area contributed by atoms with Crippen molar-refractivity contribution in [2.24, 2.45) is 0 Å². The molecular weight excluding hydrogens is 284 g/mol. The number of fused-ring (bicyclic) bond motifs is 1. The molecular formula is C21H22O2. The second-order valence-electron chi connectivity index (χ2n) is 5.67. The van der Waals surface area contributed by atoms with Crippen LogP contribution in [0.2, 0.25) is 0 Å². The molecule has 0 saturated carbocycles. The van der Waals surface area contributed by atoms with Gasteiger partial charge in [-0.15, -0.1) is 0 Å². The van der Waals surface area contributed by atoms with E-state index in [1.54, 1.807) is 0 Å². The van der Waals surface area contributed by atoms with E-state index in [2.05, 4.69) is 55.5 Å². The molecule has 0 aliphatic rings. The molecule has 0 heterocycles. The predicted octanol–water partition coefficient (Wildman–Crippen LogP) is 4.83. The summed E-state index contributed by atoms with van der Waals surface area (Å²) in [5.41, 5.74) is 3.69. The maximum absolute atomic E-state index is 9.00. The normalized spacial score (nSPS) is 10.9. The second-order valence-corrected chi connectivity index (χ2v) is 5.67. The third kappa shape index (κ3) is 3.38. The minimum Gasteiger partial charge on any atom is -0.491 e. The highest BCUT2D eigenvalue weighted by molar-refractivity contribution is 5.91. The number of hydrogen-bond acceptors (Lipinski definition) is 2. The van der Waals surface area contributed by atoms with E-state index in [1.807, 2.05) is 12.1 Å². The van der Waals surface area contributed by atoms with Gasteiger partial charge in [0.25, 0.3) is 0 Å². The Morgan fingerprint density at radius 1 is 0.913 bits per heavy atom. The van der Waals surface area contributed by atoms with Crippen molar-refractivity contribution in [3.05, 3.63) is 66.2 Å². The van der Waals surface area contributed by atoms with E-state index in [-0.39, 0.29) is 6.61 Å². The summed E-state index contributed by atoms with van der Waals surface area (Å²) >= 11 is 0. The third-order valence-electron chi connectivity index (χ3n) is 4.04. The molecule has 2 heteroatoms. The van der Waals surface area contributed by atoms with Crippen molar-refractivity contribution in [2.75, 3.05) is 13.2 Å². The number of aliphatic hydroxyl groups excluding tert-OH is 1. The van der Waals surface area contributed by atoms with Gasteiger partial charge >= 0.3 is 0 Å². The Hall–Kier alpha value is -2.32. The molecule has 0 aliphatic carbocycles. The molecule has 118 valence electrons. The lowest BCUT2D eigenvalue weighted by Crippen LogP contribution is -2.04. The lowest BCUT2D eigenvalue weighted by atomic mass is 9.96. The zero-order valence-electron chi connectivity index (χ0n) is 13.5. The topological polar surface area (TPSA) is 29.5 Å². The Labute approximate surface area is 137 Å². The summed E-state index contributed by atoms with van der Waals surface area (Å²) in [6, 6.07) is 21.2. The Bertz CT molecular complexity index is 778. The van der Waals surface area contributed by atoms with Gasteiger partial charge in [-0.25, -0.2) is 0 Å². The maximum atomic E-state index is 9.00. The Morgan fingerprint density at radius 3 is 2.48 bits per heavy atom. The average molecular weight is 306 g/mol. The summed E-state index contributed by atoms with van der Waals surface area (Å²) in [4.78, 5) is 0. The molecule has 0 saturated heterocycles. The zero-order chi connectivity index (χ0) is 16.1. The van der Waals surface area contributed by atoms with Crippen LogP contribution in [-0.4, -0.2) is 18.3 Å². The van der Waals surface area contributed by atoms with Gasteiger partial charge in [-0.05, 0) is 40.5 Å². The Morgan fingerprint density at radius 2 is 1.74 bits per heavy atom. The molecule has 0 aliphatic heterocycles. The molecule has 3 aromatic carbocycles. The minimum atomic E-state index is 0.0382. The molecule has 3 aromatic rings. The van der Waals surface area contributed by atoms with Crippen molar-refractivity contribution in [3.63, 3.8) is 0 Å². The first-order valence-corrected chi connectivity index (χ1v) is 8.18. The summed E-state index contributed by atoms with van der Waals surface area (Å²) in [7, 11) is 0. The molecule has 2 nitrogen and oxygen atoms in total. The molecule has 0 radical (unpaired) electrons. The first-order valence-electron chi connectivity index (χ1n) is 8.18. The quantitative estimate of drug-likeness (QED) is 0.707. The molecule has 23 heavy (non-hydrogen) atoms. The fourth-order valence-corrected chi connectivity index (χ4v) is 2.98. The molecule has 0 fully saturated rings. The lowest BCUT2D eigenvalue weighted by Gasteiger charge is -2.14. The van der Waals surface area contributed by atoms with Gasteiger partial charge in [-0.1, -0.05) is 61.9 Å². The van der Waals surface area contributed by atoms with Crippen molar-refractivity contribution in [3.8, 4) is 16.9 Å². The van der Waals surface area contributed by atoms with Crippen molar-refractivity contribution < 1.29 is 9.84 Å². The highest BCUT2D eigenvalue weighted by atomic mass is 16.5. The highest BCUT2D eigenvalue weighted by Crippen LogP contribution is 2.32. The molecule has 3 rings (SSSR count). The molecule has 1 N–H and O–H groups in total. The summed E-state index contributed by atoms with van der Waals surface area (Å²) < 4.78 is 5.71. The number of aryl methyl sites for hydroxylation is 1. The van der Waals surface area contributed by atoms with Crippen LogP contribution in [0.5, 0.6) is 5.75 Å². The van der Waals surface area contributed by atoms with Gasteiger partial charge in [0.2, 0.25) is 0 Å². The molecule has 0 amide bonds. The summed E-state index contributed by atoms with van der Waals surface area (Å²) in [5, 5.41) is 11.5. The van der Waals surface area contributed by atoms with Crippen LogP contribution in [0.15, 0.2) is 60.7 Å². The molecule has 0 spiro atoms. The largest absolute Gasteiger partial charge is 0.491 e. The van der Waals surface area contributed by atoms with Crippen molar-refractivity contribution in [1.29, 1.82) is 0 Å². The van der Waals surface area contributed by atoms with Gasteiger partial charge in [0.15, 0.2) is 0 Å². The van der Waals surface area contributed by atoms with Gasteiger partial charge in [-0.2, -0.15) is 0 Å². The van der Waals surface area contributed by atoms with Crippen LogP contribution in [-0.2, 0) is 6.42 Å². The van der Waals surface area contributed by atoms with Crippen LogP contribution in [0.25, 0.3) is 21.9 Å². The van der Waals surface area contributed by atoms with Crippen LogP contribution in [0.4, 0.5) is 0 Å². The number of hydrogen-bond donors (Lipinski definition) is 1. The first kappa shape index (κ1) is 15.6. The van der Waals surface area contributed by atoms with Crippen LogP contribution in [0.1, 0.15) is 18.9 Å². The van der Waals surface area contributed by atoms with E-state index in [9.17, 15) is 0 Å². The summed E-state index contributed by atoms with van der Waals surface area (Å²) in [6.45, 7) is 2.55. The predicted molar refractivity (Wildman–Crippen MR) is 96.0 cm³/mol. The first-order chi connectivity index (χ1) is 11.3. The average Bonchev–Trinajstić information content (AvgIpc) is 2.61. The second kappa shape index (κ2) is 7.30. The minimum absolute atomic E-state index is 0.0382. The summed E-state index contributed by atoms with van der Waals surface area (Å²) in [5.74, 6) is 0.890. The molecule has 0 unspecified atom stereocenters. The van der Waals surface area contributed by atoms with Crippen LogP contribution < -0.4 is 4.74 Å². The van der Waals surface area contributed by atoms with Gasteiger partial charge in [0.1, 0.15) is 12.4 Å². The smallest absolute Gasteiger partial charge is 0.123 e. The van der Waals surface area contributed by atoms with Crippen LogP contribution in [0.3, 0.4) is 0 Å². The van der Waals surface area contributed by atoms with Gasteiger partial charge in [0.05, 0.1) is 6.61 Å². The van der Waals surface area contributed by atoms with Gasteiger partial charge < -0.3 is 9.84 Å².